The van der Waals surface area contributed by atoms with Crippen molar-refractivity contribution < 1.29 is 0 Å². The number of aromatic nitrogens is 3. The van der Waals surface area contributed by atoms with Crippen LogP contribution >= 0.6 is 12.2 Å². The zero-order valence-electron chi connectivity index (χ0n) is 10.7. The third-order valence-corrected chi connectivity index (χ3v) is 3.07. The highest BCUT2D eigenvalue weighted by Crippen LogP contribution is 2.18. The van der Waals surface area contributed by atoms with E-state index in [9.17, 15) is 0 Å². The fraction of sp³-hybridized carbons (Fsp3) is 0.500. The lowest BCUT2D eigenvalue weighted by Crippen LogP contribution is -2.22. The summed E-state index contributed by atoms with van der Waals surface area (Å²) in [5.41, 5.74) is 2.97. The molecule has 2 aromatic rings. The molecular weight excluding hydrogens is 232 g/mol. The van der Waals surface area contributed by atoms with Crippen molar-refractivity contribution in [2.24, 2.45) is 0 Å². The van der Waals surface area contributed by atoms with Crippen molar-refractivity contribution in [1.82, 2.24) is 19.4 Å². The molecule has 5 heteroatoms. The van der Waals surface area contributed by atoms with E-state index in [1.165, 1.54) is 0 Å². The maximum absolute atomic E-state index is 5.37. The van der Waals surface area contributed by atoms with Crippen LogP contribution in [0.5, 0.6) is 0 Å². The zero-order chi connectivity index (χ0) is 12.6. The Morgan fingerprint density at radius 1 is 1.47 bits per heavy atom. The summed E-state index contributed by atoms with van der Waals surface area (Å²) in [4.78, 5) is 9.93. The summed E-state index contributed by atoms with van der Waals surface area (Å²) in [6, 6.07) is 4.33. The Morgan fingerprint density at radius 3 is 2.82 bits per heavy atom. The fourth-order valence-electron chi connectivity index (χ4n) is 2.11. The summed E-state index contributed by atoms with van der Waals surface area (Å²) in [6.07, 6.45) is 0. The maximum atomic E-state index is 5.37. The molecule has 0 bridgehead atoms. The van der Waals surface area contributed by atoms with Gasteiger partial charge in [0.05, 0.1) is 5.52 Å². The van der Waals surface area contributed by atoms with E-state index in [0.717, 1.165) is 28.2 Å². The fourth-order valence-corrected chi connectivity index (χ4v) is 2.49. The van der Waals surface area contributed by atoms with E-state index >= 15 is 0 Å². The van der Waals surface area contributed by atoms with Gasteiger partial charge in [-0.25, -0.2) is 4.98 Å². The van der Waals surface area contributed by atoms with E-state index in [4.69, 9.17) is 12.2 Å². The highest BCUT2D eigenvalue weighted by Gasteiger charge is 2.12. The average molecular weight is 250 g/mol. The Hall–Kier alpha value is -1.20. The van der Waals surface area contributed by atoms with E-state index in [1.54, 1.807) is 0 Å². The van der Waals surface area contributed by atoms with E-state index in [-0.39, 0.29) is 0 Å². The van der Waals surface area contributed by atoms with Crippen molar-refractivity contribution in [2.45, 2.75) is 19.9 Å². The van der Waals surface area contributed by atoms with Crippen LogP contribution in [0.2, 0.25) is 0 Å². The Morgan fingerprint density at radius 2 is 2.18 bits per heavy atom. The van der Waals surface area contributed by atoms with Gasteiger partial charge in [0.2, 0.25) is 0 Å². The van der Waals surface area contributed by atoms with Gasteiger partial charge in [-0.15, -0.1) is 0 Å². The molecular formula is C12H18N4S. The Bertz CT molecular complexity index is 582. The van der Waals surface area contributed by atoms with Crippen molar-refractivity contribution >= 4 is 23.4 Å². The molecule has 2 heterocycles. The molecule has 0 aliphatic carbocycles. The molecule has 2 aromatic heterocycles. The van der Waals surface area contributed by atoms with Gasteiger partial charge in [0, 0.05) is 18.3 Å². The molecule has 2 rings (SSSR count). The summed E-state index contributed by atoms with van der Waals surface area (Å²) in [5.74, 6) is 0. The summed E-state index contributed by atoms with van der Waals surface area (Å²) >= 11 is 5.37. The molecule has 0 amide bonds. The summed E-state index contributed by atoms with van der Waals surface area (Å²) in [7, 11) is 4.13. The van der Waals surface area contributed by atoms with Gasteiger partial charge >= 0.3 is 0 Å². The Balaban J connectivity index is 2.55. The number of nitrogens with zero attached hydrogens (tertiary/aromatic N) is 3. The van der Waals surface area contributed by atoms with Crippen LogP contribution in [0.3, 0.4) is 0 Å². The van der Waals surface area contributed by atoms with E-state index < -0.39 is 0 Å². The quantitative estimate of drug-likeness (QED) is 0.850. The first kappa shape index (κ1) is 12.3. The van der Waals surface area contributed by atoms with E-state index in [2.05, 4.69) is 40.5 Å². The number of hydrogen-bond acceptors (Lipinski definition) is 3. The number of hydrogen-bond donors (Lipinski definition) is 1. The average Bonchev–Trinajstić information content (AvgIpc) is 2.52. The van der Waals surface area contributed by atoms with Crippen LogP contribution in [0.1, 0.15) is 18.7 Å². The number of aromatic amines is 1. The predicted octanol–water partition coefficient (Wildman–Crippen LogP) is 2.52. The first-order valence-corrected chi connectivity index (χ1v) is 6.12. The van der Waals surface area contributed by atoms with Gasteiger partial charge in [-0.2, -0.15) is 0 Å². The molecule has 0 aliphatic rings. The Labute approximate surface area is 106 Å². The second kappa shape index (κ2) is 4.58. The minimum atomic E-state index is 0.306. The minimum absolute atomic E-state index is 0.306. The standard InChI is InChI=1S/C12H18N4S/c1-8-5-6-10-11(13-8)16(12(17)14-10)9(2)7-15(3)4/h5-6,9H,7H2,1-4H3,(H,14,17). The highest BCUT2D eigenvalue weighted by atomic mass is 32.1. The first-order valence-electron chi connectivity index (χ1n) is 5.71. The van der Waals surface area contributed by atoms with Crippen LogP contribution < -0.4 is 0 Å². The molecule has 0 aliphatic heterocycles. The van der Waals surface area contributed by atoms with Gasteiger partial charge in [0.25, 0.3) is 0 Å². The largest absolute Gasteiger partial charge is 0.329 e. The smallest absolute Gasteiger partial charge is 0.179 e. The molecule has 0 saturated carbocycles. The second-order valence-electron chi connectivity index (χ2n) is 4.74. The molecule has 0 fully saturated rings. The lowest BCUT2D eigenvalue weighted by Gasteiger charge is -2.18. The zero-order valence-corrected chi connectivity index (χ0v) is 11.5. The number of H-pyrrole nitrogens is 1. The van der Waals surface area contributed by atoms with Crippen molar-refractivity contribution in [3.63, 3.8) is 0 Å². The topological polar surface area (TPSA) is 36.9 Å². The van der Waals surface area contributed by atoms with Crippen LogP contribution in [0.4, 0.5) is 0 Å². The van der Waals surface area contributed by atoms with E-state index in [0.29, 0.717) is 6.04 Å². The monoisotopic (exact) mass is 250 g/mol. The third-order valence-electron chi connectivity index (χ3n) is 2.77. The minimum Gasteiger partial charge on any atom is -0.329 e. The highest BCUT2D eigenvalue weighted by molar-refractivity contribution is 7.71. The predicted molar refractivity (Wildman–Crippen MR) is 72.9 cm³/mol. The van der Waals surface area contributed by atoms with Crippen LogP contribution in [-0.2, 0) is 0 Å². The molecule has 17 heavy (non-hydrogen) atoms. The molecule has 0 spiro atoms. The van der Waals surface area contributed by atoms with E-state index in [1.807, 2.05) is 19.1 Å². The number of nitrogens with one attached hydrogen (secondary N) is 1. The van der Waals surface area contributed by atoms with Crippen molar-refractivity contribution in [1.29, 1.82) is 0 Å². The number of imidazole rings is 1. The molecule has 1 unspecified atom stereocenters. The van der Waals surface area contributed by atoms with Crippen molar-refractivity contribution in [2.75, 3.05) is 20.6 Å². The molecule has 4 nitrogen and oxygen atoms in total. The van der Waals surface area contributed by atoms with Gasteiger partial charge < -0.3 is 9.88 Å². The number of pyridine rings is 1. The van der Waals surface area contributed by atoms with Gasteiger partial charge in [0.15, 0.2) is 10.4 Å². The number of aryl methyl sites for hydroxylation is 1. The number of fused-ring (bicyclic) bond motifs is 1. The first-order chi connectivity index (χ1) is 7.99. The van der Waals surface area contributed by atoms with Crippen molar-refractivity contribution in [3.05, 3.63) is 22.6 Å². The molecule has 1 N–H and O–H groups in total. The van der Waals surface area contributed by atoms with Crippen molar-refractivity contribution in [3.8, 4) is 0 Å². The Kier molecular flexibility index (Phi) is 3.31. The van der Waals surface area contributed by atoms with Gasteiger partial charge in [-0.1, -0.05) is 0 Å². The van der Waals surface area contributed by atoms with Crippen LogP contribution in [-0.4, -0.2) is 40.1 Å². The van der Waals surface area contributed by atoms with Gasteiger partial charge in [0.1, 0.15) is 0 Å². The molecule has 0 saturated heterocycles. The third kappa shape index (κ3) is 2.40. The lowest BCUT2D eigenvalue weighted by atomic mass is 10.3. The molecule has 0 radical (unpaired) electrons. The molecule has 92 valence electrons. The lowest BCUT2D eigenvalue weighted by molar-refractivity contribution is 0.338. The molecule has 0 aromatic carbocycles. The van der Waals surface area contributed by atoms with Crippen LogP contribution in [0.25, 0.3) is 11.2 Å². The van der Waals surface area contributed by atoms with Gasteiger partial charge in [-0.05, 0) is 52.3 Å². The number of likely N-dealkylation sites (N-methyl/N-ethyl adjacent to an activating group) is 1. The maximum Gasteiger partial charge on any atom is 0.179 e. The summed E-state index contributed by atoms with van der Waals surface area (Å²) in [5, 5.41) is 0. The molecule has 1 atom stereocenters. The second-order valence-corrected chi connectivity index (χ2v) is 5.12. The number of rotatable bonds is 3. The van der Waals surface area contributed by atoms with Crippen LogP contribution in [0.15, 0.2) is 12.1 Å². The van der Waals surface area contributed by atoms with Crippen LogP contribution in [0, 0.1) is 11.7 Å². The summed E-state index contributed by atoms with van der Waals surface area (Å²) in [6.45, 7) is 5.10. The summed E-state index contributed by atoms with van der Waals surface area (Å²) < 4.78 is 2.84. The SMILES string of the molecule is Cc1ccc2[nH]c(=S)n(C(C)CN(C)C)c2n1. The normalized spacial score (nSPS) is 13.5. The van der Waals surface area contributed by atoms with Gasteiger partial charge in [-0.3, -0.25) is 4.57 Å².